The zero-order valence-corrected chi connectivity index (χ0v) is 9.15. The van der Waals surface area contributed by atoms with Crippen molar-refractivity contribution in [3.63, 3.8) is 0 Å². The van der Waals surface area contributed by atoms with E-state index in [0.29, 0.717) is 5.92 Å². The fraction of sp³-hybridized carbons (Fsp3) is 0.727. The predicted molar refractivity (Wildman–Crippen MR) is 58.8 cm³/mol. The van der Waals surface area contributed by atoms with Crippen LogP contribution in [-0.4, -0.2) is 11.5 Å². The van der Waals surface area contributed by atoms with Gasteiger partial charge in [-0.2, -0.15) is 0 Å². The van der Waals surface area contributed by atoms with E-state index in [0.717, 1.165) is 12.5 Å². The largest absolute Gasteiger partial charge is 0.330 e. The summed E-state index contributed by atoms with van der Waals surface area (Å²) in [5, 5.41) is 1.40. The first-order chi connectivity index (χ1) is 6.88. The molecule has 14 heavy (non-hydrogen) atoms. The van der Waals surface area contributed by atoms with E-state index in [1.165, 1.54) is 47.7 Å². The number of nitrogens with zero attached hydrogens (tertiary/aromatic N) is 1. The van der Waals surface area contributed by atoms with Gasteiger partial charge >= 0.3 is 0 Å². The van der Waals surface area contributed by atoms with Gasteiger partial charge in [-0.25, -0.2) is 4.98 Å². The Bertz CT molecular complexity index is 341. The van der Waals surface area contributed by atoms with Gasteiger partial charge in [0.05, 0.1) is 10.7 Å². The summed E-state index contributed by atoms with van der Waals surface area (Å²) in [6.45, 7) is 0.779. The Morgan fingerprint density at radius 3 is 2.93 bits per heavy atom. The van der Waals surface area contributed by atoms with Crippen LogP contribution < -0.4 is 5.73 Å². The SMILES string of the molecule is NCC1CCCc2sc(C3CC3)nc21. The molecule has 1 saturated carbocycles. The highest BCUT2D eigenvalue weighted by molar-refractivity contribution is 7.11. The van der Waals surface area contributed by atoms with E-state index >= 15 is 0 Å². The van der Waals surface area contributed by atoms with Crippen molar-refractivity contribution >= 4 is 11.3 Å². The lowest BCUT2D eigenvalue weighted by Crippen LogP contribution is -2.17. The lowest BCUT2D eigenvalue weighted by atomic mass is 9.91. The van der Waals surface area contributed by atoms with Crippen LogP contribution in [0.2, 0.25) is 0 Å². The van der Waals surface area contributed by atoms with Gasteiger partial charge in [0.1, 0.15) is 0 Å². The molecule has 0 radical (unpaired) electrons. The van der Waals surface area contributed by atoms with Gasteiger partial charge < -0.3 is 5.73 Å². The second-order valence-corrected chi connectivity index (χ2v) is 5.57. The molecule has 1 unspecified atom stereocenters. The summed E-state index contributed by atoms with van der Waals surface area (Å²) in [6, 6.07) is 0. The third kappa shape index (κ3) is 1.39. The van der Waals surface area contributed by atoms with Crippen LogP contribution in [0, 0.1) is 0 Å². The van der Waals surface area contributed by atoms with Gasteiger partial charge in [0, 0.05) is 23.3 Å². The Balaban J connectivity index is 1.95. The van der Waals surface area contributed by atoms with E-state index in [1.54, 1.807) is 0 Å². The molecule has 0 aromatic carbocycles. The second-order valence-electron chi connectivity index (χ2n) is 4.46. The standard InChI is InChI=1S/C11H16N2S/c12-6-8-2-1-3-9-10(8)13-11(14-9)7-4-5-7/h7-8H,1-6,12H2. The molecule has 2 aliphatic carbocycles. The highest BCUT2D eigenvalue weighted by atomic mass is 32.1. The maximum Gasteiger partial charge on any atom is 0.0962 e. The van der Waals surface area contributed by atoms with E-state index in [4.69, 9.17) is 10.7 Å². The summed E-state index contributed by atoms with van der Waals surface area (Å²) in [6.07, 6.45) is 6.52. The Labute approximate surface area is 88.5 Å². The van der Waals surface area contributed by atoms with Crippen molar-refractivity contribution in [3.05, 3.63) is 15.6 Å². The zero-order valence-electron chi connectivity index (χ0n) is 8.33. The fourth-order valence-corrected chi connectivity index (χ4v) is 3.62. The van der Waals surface area contributed by atoms with E-state index in [2.05, 4.69) is 0 Å². The summed E-state index contributed by atoms with van der Waals surface area (Å²) < 4.78 is 0. The Hall–Kier alpha value is -0.410. The fourth-order valence-electron chi connectivity index (χ4n) is 2.26. The molecule has 0 amide bonds. The normalized spacial score (nSPS) is 26.2. The maximum atomic E-state index is 5.78. The molecule has 2 nitrogen and oxygen atoms in total. The average Bonchev–Trinajstić information content (AvgIpc) is 2.97. The third-order valence-corrected chi connectivity index (χ3v) is 4.59. The Morgan fingerprint density at radius 1 is 1.36 bits per heavy atom. The summed E-state index contributed by atoms with van der Waals surface area (Å²) in [5.41, 5.74) is 7.14. The molecule has 1 fully saturated rings. The lowest BCUT2D eigenvalue weighted by Gasteiger charge is -2.18. The van der Waals surface area contributed by atoms with Gasteiger partial charge in [-0.1, -0.05) is 0 Å². The zero-order chi connectivity index (χ0) is 9.54. The van der Waals surface area contributed by atoms with Gasteiger partial charge in [-0.05, 0) is 32.1 Å². The number of thiazole rings is 1. The highest BCUT2D eigenvalue weighted by Crippen LogP contribution is 2.45. The molecule has 3 heteroatoms. The summed E-state index contributed by atoms with van der Waals surface area (Å²) >= 11 is 1.96. The maximum absolute atomic E-state index is 5.78. The van der Waals surface area contributed by atoms with Crippen LogP contribution in [0.5, 0.6) is 0 Å². The van der Waals surface area contributed by atoms with Crippen LogP contribution in [0.4, 0.5) is 0 Å². The van der Waals surface area contributed by atoms with Gasteiger partial charge in [-0.3, -0.25) is 0 Å². The monoisotopic (exact) mass is 208 g/mol. The topological polar surface area (TPSA) is 38.9 Å². The molecule has 1 aromatic heterocycles. The van der Waals surface area contributed by atoms with Crippen molar-refractivity contribution in [2.45, 2.75) is 43.9 Å². The molecule has 76 valence electrons. The third-order valence-electron chi connectivity index (χ3n) is 3.30. The van der Waals surface area contributed by atoms with Crippen LogP contribution in [0.3, 0.4) is 0 Å². The molecule has 1 atom stereocenters. The van der Waals surface area contributed by atoms with E-state index < -0.39 is 0 Å². The molecule has 0 spiro atoms. The number of rotatable bonds is 2. The number of aryl methyl sites for hydroxylation is 1. The van der Waals surface area contributed by atoms with Gasteiger partial charge in [0.15, 0.2) is 0 Å². The molecule has 3 rings (SSSR count). The number of hydrogen-bond acceptors (Lipinski definition) is 3. The minimum Gasteiger partial charge on any atom is -0.330 e. The van der Waals surface area contributed by atoms with Crippen molar-refractivity contribution in [2.75, 3.05) is 6.54 Å². The molecule has 2 aliphatic rings. The molecular weight excluding hydrogens is 192 g/mol. The highest BCUT2D eigenvalue weighted by Gasteiger charge is 2.31. The quantitative estimate of drug-likeness (QED) is 0.810. The first kappa shape index (κ1) is 8.86. The van der Waals surface area contributed by atoms with Gasteiger partial charge in [0.25, 0.3) is 0 Å². The van der Waals surface area contributed by atoms with E-state index in [-0.39, 0.29) is 0 Å². The molecular formula is C11H16N2S. The van der Waals surface area contributed by atoms with Crippen LogP contribution >= 0.6 is 11.3 Å². The average molecular weight is 208 g/mol. The van der Waals surface area contributed by atoms with E-state index in [9.17, 15) is 0 Å². The van der Waals surface area contributed by atoms with Crippen LogP contribution in [-0.2, 0) is 6.42 Å². The minimum atomic E-state index is 0.558. The second kappa shape index (κ2) is 3.31. The van der Waals surface area contributed by atoms with E-state index in [1.807, 2.05) is 11.3 Å². The Morgan fingerprint density at radius 2 is 2.21 bits per heavy atom. The molecule has 1 heterocycles. The minimum absolute atomic E-state index is 0.558. The summed E-state index contributed by atoms with van der Waals surface area (Å²) in [4.78, 5) is 6.34. The van der Waals surface area contributed by atoms with Gasteiger partial charge in [0.2, 0.25) is 0 Å². The van der Waals surface area contributed by atoms with Crippen molar-refractivity contribution < 1.29 is 0 Å². The van der Waals surface area contributed by atoms with Crippen LogP contribution in [0.25, 0.3) is 0 Å². The first-order valence-electron chi connectivity index (χ1n) is 5.58. The smallest absolute Gasteiger partial charge is 0.0962 e. The molecule has 0 saturated heterocycles. The molecule has 0 bridgehead atoms. The molecule has 2 N–H and O–H groups in total. The number of fused-ring (bicyclic) bond motifs is 1. The van der Waals surface area contributed by atoms with Crippen molar-refractivity contribution in [2.24, 2.45) is 5.73 Å². The van der Waals surface area contributed by atoms with Crippen LogP contribution in [0.1, 0.15) is 53.1 Å². The summed E-state index contributed by atoms with van der Waals surface area (Å²) in [7, 11) is 0. The Kier molecular flexibility index (Phi) is 2.10. The predicted octanol–water partition coefficient (Wildman–Crippen LogP) is 2.40. The number of nitrogens with two attached hydrogens (primary N) is 1. The number of hydrogen-bond donors (Lipinski definition) is 1. The van der Waals surface area contributed by atoms with Crippen LogP contribution in [0.15, 0.2) is 0 Å². The van der Waals surface area contributed by atoms with Gasteiger partial charge in [-0.15, -0.1) is 11.3 Å². The molecule has 1 aromatic rings. The van der Waals surface area contributed by atoms with Crippen molar-refractivity contribution in [1.29, 1.82) is 0 Å². The van der Waals surface area contributed by atoms with Crippen molar-refractivity contribution in [1.82, 2.24) is 4.98 Å². The lowest BCUT2D eigenvalue weighted by molar-refractivity contribution is 0.553. The number of aromatic nitrogens is 1. The first-order valence-corrected chi connectivity index (χ1v) is 6.39. The summed E-state index contributed by atoms with van der Waals surface area (Å²) in [5.74, 6) is 1.37. The molecule has 0 aliphatic heterocycles. The van der Waals surface area contributed by atoms with Crippen molar-refractivity contribution in [3.8, 4) is 0 Å².